The predicted octanol–water partition coefficient (Wildman–Crippen LogP) is 6.05. The van der Waals surface area contributed by atoms with E-state index >= 15 is 0 Å². The third-order valence-corrected chi connectivity index (χ3v) is 5.23. The summed E-state index contributed by atoms with van der Waals surface area (Å²) in [5.74, 6) is -1.61. The van der Waals surface area contributed by atoms with E-state index in [2.05, 4.69) is 29.6 Å². The van der Waals surface area contributed by atoms with Crippen LogP contribution in [0.1, 0.15) is 76.8 Å². The van der Waals surface area contributed by atoms with Crippen molar-refractivity contribution in [2.45, 2.75) is 58.8 Å². The van der Waals surface area contributed by atoms with Gasteiger partial charge in [-0.25, -0.2) is 29.0 Å². The van der Waals surface area contributed by atoms with E-state index in [0.717, 1.165) is 43.2 Å². The molecule has 0 aliphatic rings. The van der Waals surface area contributed by atoms with Crippen LogP contribution in [0.4, 0.5) is 9.59 Å². The second kappa shape index (κ2) is 18.2. The normalized spacial score (nSPS) is 10.3. The number of carbonyl (C=O) groups is 4. The third-order valence-electron chi connectivity index (χ3n) is 5.23. The number of hydrogen-bond donors (Lipinski definition) is 0. The molecular formula is C27H32O12. The van der Waals surface area contributed by atoms with Crippen LogP contribution in [0.25, 0.3) is 0 Å². The van der Waals surface area contributed by atoms with Crippen molar-refractivity contribution in [2.75, 3.05) is 13.2 Å². The SMILES string of the molecule is Cc1ccc(C(=O)OOOC(=O)OCCCCCCCCCOC(=O)OOOC(=O)c2ccc(C)cc2)cc1. The Bertz CT molecular complexity index is 950. The van der Waals surface area contributed by atoms with Crippen molar-refractivity contribution >= 4 is 24.2 Å². The third kappa shape index (κ3) is 13.8. The molecule has 12 nitrogen and oxygen atoms in total. The van der Waals surface area contributed by atoms with Gasteiger partial charge < -0.3 is 9.47 Å². The molecule has 0 aromatic heterocycles. The molecule has 0 fully saturated rings. The number of hydrogen-bond acceptors (Lipinski definition) is 12. The van der Waals surface area contributed by atoms with Crippen molar-refractivity contribution in [3.8, 4) is 0 Å². The topological polar surface area (TPSA) is 142 Å². The molecule has 39 heavy (non-hydrogen) atoms. The van der Waals surface area contributed by atoms with Gasteiger partial charge in [-0.15, -0.1) is 0 Å². The Morgan fingerprint density at radius 3 is 1.18 bits per heavy atom. The van der Waals surface area contributed by atoms with Crippen molar-refractivity contribution < 1.29 is 58.3 Å². The average molecular weight is 549 g/mol. The first-order valence-electron chi connectivity index (χ1n) is 12.4. The predicted molar refractivity (Wildman–Crippen MR) is 133 cm³/mol. The second-order valence-corrected chi connectivity index (χ2v) is 8.45. The molecule has 0 atom stereocenters. The monoisotopic (exact) mass is 548 g/mol. The molecule has 0 N–H and O–H groups in total. The number of unbranched alkanes of at least 4 members (excludes halogenated alkanes) is 6. The molecule has 0 heterocycles. The summed E-state index contributed by atoms with van der Waals surface area (Å²) in [6.45, 7) is 4.01. The van der Waals surface area contributed by atoms with E-state index in [1.807, 2.05) is 13.8 Å². The van der Waals surface area contributed by atoms with Crippen molar-refractivity contribution in [1.82, 2.24) is 0 Å². The molecule has 2 aromatic rings. The zero-order valence-corrected chi connectivity index (χ0v) is 21.9. The van der Waals surface area contributed by atoms with Gasteiger partial charge in [-0.1, -0.05) is 67.5 Å². The van der Waals surface area contributed by atoms with Crippen molar-refractivity contribution in [3.63, 3.8) is 0 Å². The van der Waals surface area contributed by atoms with E-state index in [9.17, 15) is 19.2 Å². The summed E-state index contributed by atoms with van der Waals surface area (Å²) < 4.78 is 9.64. The molecule has 0 spiro atoms. The highest BCUT2D eigenvalue weighted by Gasteiger charge is 2.13. The molecule has 12 heteroatoms. The highest BCUT2D eigenvalue weighted by molar-refractivity contribution is 5.89. The first-order valence-corrected chi connectivity index (χ1v) is 12.4. The van der Waals surface area contributed by atoms with Crippen LogP contribution >= 0.6 is 0 Å². The minimum absolute atomic E-state index is 0.131. The molecule has 0 radical (unpaired) electrons. The molecule has 0 saturated heterocycles. The van der Waals surface area contributed by atoms with Gasteiger partial charge in [0.05, 0.1) is 34.4 Å². The lowest BCUT2D eigenvalue weighted by Crippen LogP contribution is -2.12. The fourth-order valence-electron chi connectivity index (χ4n) is 3.07. The lowest BCUT2D eigenvalue weighted by Gasteiger charge is -2.05. The molecule has 0 saturated carbocycles. The van der Waals surface area contributed by atoms with Crippen LogP contribution in [0.15, 0.2) is 48.5 Å². The van der Waals surface area contributed by atoms with Crippen LogP contribution in [-0.2, 0) is 39.1 Å². The minimum atomic E-state index is -1.11. The maximum absolute atomic E-state index is 11.7. The standard InChI is InChI=1S/C27H32O12/c1-20-10-14-22(15-11-20)24(28)34-38-36-26(30)32-18-8-6-4-3-5-7-9-19-33-27(31)37-39-35-25(29)23-16-12-21(2)13-17-23/h10-17H,3-9,18-19H2,1-2H3. The number of carbonyl (C=O) groups excluding carboxylic acids is 4. The molecule has 212 valence electrons. The number of ether oxygens (including phenoxy) is 2. The Morgan fingerprint density at radius 2 is 0.821 bits per heavy atom. The lowest BCUT2D eigenvalue weighted by molar-refractivity contribution is -0.452. The molecular weight excluding hydrogens is 516 g/mol. The van der Waals surface area contributed by atoms with Gasteiger partial charge in [0.1, 0.15) is 0 Å². The van der Waals surface area contributed by atoms with E-state index in [1.165, 1.54) is 0 Å². The largest absolute Gasteiger partial charge is 0.543 e. The summed E-state index contributed by atoms with van der Waals surface area (Å²) in [7, 11) is 0. The van der Waals surface area contributed by atoms with Crippen molar-refractivity contribution in [3.05, 3.63) is 70.8 Å². The van der Waals surface area contributed by atoms with E-state index in [4.69, 9.17) is 9.47 Å². The van der Waals surface area contributed by atoms with Gasteiger partial charge in [-0.3, -0.25) is 9.78 Å². The molecule has 0 aliphatic carbocycles. The Hall–Kier alpha value is -4.16. The van der Waals surface area contributed by atoms with Crippen LogP contribution < -0.4 is 0 Å². The smallest absolute Gasteiger partial charge is 0.432 e. The molecule has 2 aromatic carbocycles. The highest BCUT2D eigenvalue weighted by Crippen LogP contribution is 2.09. The van der Waals surface area contributed by atoms with Crippen LogP contribution in [0.2, 0.25) is 0 Å². The summed E-state index contributed by atoms with van der Waals surface area (Å²) in [5, 5.41) is 8.32. The van der Waals surface area contributed by atoms with E-state index in [0.29, 0.717) is 12.8 Å². The molecule has 2 rings (SSSR count). The maximum atomic E-state index is 11.7. The quantitative estimate of drug-likeness (QED) is 0.104. The van der Waals surface area contributed by atoms with Gasteiger partial charge in [0.15, 0.2) is 0 Å². The zero-order valence-electron chi connectivity index (χ0n) is 21.9. The Balaban J connectivity index is 1.35. The summed E-state index contributed by atoms with van der Waals surface area (Å²) in [6, 6.07) is 13.1. The van der Waals surface area contributed by atoms with Crippen LogP contribution in [0.5, 0.6) is 0 Å². The van der Waals surface area contributed by atoms with Gasteiger partial charge in [0.25, 0.3) is 0 Å². The second-order valence-electron chi connectivity index (χ2n) is 8.45. The fraction of sp³-hybridized carbons (Fsp3) is 0.407. The molecule has 0 aliphatic heterocycles. The van der Waals surface area contributed by atoms with Gasteiger partial charge in [0.2, 0.25) is 0 Å². The average Bonchev–Trinajstić information content (AvgIpc) is 2.92. The molecule has 0 amide bonds. The van der Waals surface area contributed by atoms with Gasteiger partial charge >= 0.3 is 24.2 Å². The Labute approximate surface area is 225 Å². The number of aryl methyl sites for hydroxylation is 2. The minimum Gasteiger partial charge on any atom is -0.432 e. The first kappa shape index (κ1) is 31.1. The van der Waals surface area contributed by atoms with E-state index in [1.54, 1.807) is 48.5 Å². The summed E-state index contributed by atoms with van der Waals surface area (Å²) >= 11 is 0. The van der Waals surface area contributed by atoms with Gasteiger partial charge in [-0.05, 0) is 51.0 Å². The van der Waals surface area contributed by atoms with Crippen LogP contribution in [0.3, 0.4) is 0 Å². The highest BCUT2D eigenvalue weighted by atomic mass is 17.5. The summed E-state index contributed by atoms with van der Waals surface area (Å²) in [6.07, 6.45) is 3.49. The van der Waals surface area contributed by atoms with Crippen molar-refractivity contribution in [2.24, 2.45) is 0 Å². The molecule has 0 bridgehead atoms. The maximum Gasteiger partial charge on any atom is 0.543 e. The first-order chi connectivity index (χ1) is 18.8. The summed E-state index contributed by atoms with van der Waals surface area (Å²) in [4.78, 5) is 63.4. The van der Waals surface area contributed by atoms with Gasteiger partial charge in [0, 0.05) is 0 Å². The van der Waals surface area contributed by atoms with Crippen molar-refractivity contribution in [1.29, 1.82) is 0 Å². The van der Waals surface area contributed by atoms with E-state index in [-0.39, 0.29) is 24.3 Å². The van der Waals surface area contributed by atoms with Gasteiger partial charge in [-0.2, -0.15) is 0 Å². The van der Waals surface area contributed by atoms with Crippen LogP contribution in [-0.4, -0.2) is 37.5 Å². The zero-order chi connectivity index (χ0) is 28.3. The van der Waals surface area contributed by atoms with E-state index < -0.39 is 24.2 Å². The Kier molecular flexibility index (Phi) is 14.5. The molecule has 0 unspecified atom stereocenters. The summed E-state index contributed by atoms with van der Waals surface area (Å²) in [5.41, 5.74) is 2.45. The lowest BCUT2D eigenvalue weighted by atomic mass is 10.1. The number of benzene rings is 2. The Morgan fingerprint density at radius 1 is 0.487 bits per heavy atom. The fourth-order valence-corrected chi connectivity index (χ4v) is 3.07. The van der Waals surface area contributed by atoms with Crippen LogP contribution in [0, 0.1) is 13.8 Å². The number of rotatable bonds is 16.